The van der Waals surface area contributed by atoms with Gasteiger partial charge in [0.15, 0.2) is 0 Å². The molecule has 0 amide bonds. The van der Waals surface area contributed by atoms with Crippen LogP contribution in [0.5, 0.6) is 0 Å². The Bertz CT molecular complexity index is 760. The summed E-state index contributed by atoms with van der Waals surface area (Å²) in [6.45, 7) is 4.27. The summed E-state index contributed by atoms with van der Waals surface area (Å²) in [6.07, 6.45) is 6.71. The molecule has 1 fully saturated rings. The maximum absolute atomic E-state index is 4.48. The Morgan fingerprint density at radius 3 is 2.68 bits per heavy atom. The molecule has 130 valence electrons. The molecular formula is C20H24N4S. The fourth-order valence-corrected chi connectivity index (χ4v) is 4.33. The Balaban J connectivity index is 1.37. The third kappa shape index (κ3) is 4.00. The SMILES string of the molecule is c1ccc(-n2cc(CNCC(c3cccs3)N3CCCC3)cn2)cc1. The van der Waals surface area contributed by atoms with E-state index in [1.165, 1.54) is 36.4 Å². The highest BCUT2D eigenvalue weighted by molar-refractivity contribution is 7.10. The second kappa shape index (κ2) is 7.95. The molecule has 1 aromatic carbocycles. The van der Waals surface area contributed by atoms with Crippen LogP contribution in [-0.4, -0.2) is 34.3 Å². The van der Waals surface area contributed by atoms with Crippen molar-refractivity contribution in [3.8, 4) is 5.69 Å². The zero-order valence-corrected chi connectivity index (χ0v) is 15.2. The average Bonchev–Trinajstić information content (AvgIpc) is 3.42. The number of nitrogens with zero attached hydrogens (tertiary/aromatic N) is 3. The highest BCUT2D eigenvalue weighted by Crippen LogP contribution is 2.27. The molecule has 0 saturated carbocycles. The molecule has 1 N–H and O–H groups in total. The van der Waals surface area contributed by atoms with E-state index in [1.54, 1.807) is 0 Å². The molecule has 5 heteroatoms. The average molecular weight is 353 g/mol. The van der Waals surface area contributed by atoms with Crippen molar-refractivity contribution in [1.29, 1.82) is 0 Å². The zero-order valence-electron chi connectivity index (χ0n) is 14.3. The van der Waals surface area contributed by atoms with E-state index < -0.39 is 0 Å². The lowest BCUT2D eigenvalue weighted by Gasteiger charge is -2.27. The summed E-state index contributed by atoms with van der Waals surface area (Å²) in [5.41, 5.74) is 2.32. The van der Waals surface area contributed by atoms with Crippen LogP contribution in [0.25, 0.3) is 5.69 Å². The Labute approximate surface area is 153 Å². The smallest absolute Gasteiger partial charge is 0.0645 e. The third-order valence-electron chi connectivity index (χ3n) is 4.78. The first-order valence-corrected chi connectivity index (χ1v) is 9.85. The van der Waals surface area contributed by atoms with E-state index in [9.17, 15) is 0 Å². The van der Waals surface area contributed by atoms with Crippen LogP contribution in [0, 0.1) is 0 Å². The van der Waals surface area contributed by atoms with Crippen molar-refractivity contribution >= 4 is 11.3 Å². The number of thiophene rings is 1. The Kier molecular flexibility index (Phi) is 5.25. The van der Waals surface area contributed by atoms with Gasteiger partial charge in [0.1, 0.15) is 0 Å². The van der Waals surface area contributed by atoms with E-state index in [-0.39, 0.29) is 0 Å². The van der Waals surface area contributed by atoms with Gasteiger partial charge in [0.05, 0.1) is 17.9 Å². The summed E-state index contributed by atoms with van der Waals surface area (Å²) in [5.74, 6) is 0. The molecule has 3 aromatic rings. The van der Waals surface area contributed by atoms with Gasteiger partial charge in [-0.25, -0.2) is 4.68 Å². The number of aromatic nitrogens is 2. The second-order valence-corrected chi connectivity index (χ2v) is 7.51. The van der Waals surface area contributed by atoms with Crippen LogP contribution in [0.2, 0.25) is 0 Å². The minimum atomic E-state index is 0.492. The summed E-state index contributed by atoms with van der Waals surface area (Å²) in [5, 5.41) is 10.3. The fourth-order valence-electron chi connectivity index (χ4n) is 3.47. The van der Waals surface area contributed by atoms with Crippen LogP contribution in [-0.2, 0) is 6.54 Å². The summed E-state index contributed by atoms with van der Waals surface area (Å²) in [6, 6.07) is 15.2. The third-order valence-corrected chi connectivity index (χ3v) is 5.75. The number of benzene rings is 1. The second-order valence-electron chi connectivity index (χ2n) is 6.53. The van der Waals surface area contributed by atoms with E-state index in [2.05, 4.69) is 51.2 Å². The van der Waals surface area contributed by atoms with Gasteiger partial charge in [0.2, 0.25) is 0 Å². The van der Waals surface area contributed by atoms with Crippen LogP contribution in [0.15, 0.2) is 60.2 Å². The molecular weight excluding hydrogens is 328 g/mol. The van der Waals surface area contributed by atoms with Crippen molar-refractivity contribution in [2.75, 3.05) is 19.6 Å². The van der Waals surface area contributed by atoms with Gasteiger partial charge in [0.25, 0.3) is 0 Å². The Morgan fingerprint density at radius 2 is 1.92 bits per heavy atom. The van der Waals surface area contributed by atoms with Crippen LogP contribution in [0.4, 0.5) is 0 Å². The molecule has 4 rings (SSSR count). The Hall–Kier alpha value is -1.95. The number of para-hydroxylation sites is 1. The first kappa shape index (κ1) is 16.5. The number of rotatable bonds is 7. The maximum atomic E-state index is 4.48. The lowest BCUT2D eigenvalue weighted by atomic mass is 10.2. The number of nitrogens with one attached hydrogen (secondary N) is 1. The van der Waals surface area contributed by atoms with Crippen molar-refractivity contribution in [1.82, 2.24) is 20.0 Å². The molecule has 1 atom stereocenters. The first-order chi connectivity index (χ1) is 12.4. The molecule has 1 unspecified atom stereocenters. The minimum absolute atomic E-state index is 0.492. The lowest BCUT2D eigenvalue weighted by molar-refractivity contribution is 0.242. The van der Waals surface area contributed by atoms with E-state index in [1.807, 2.05) is 40.4 Å². The van der Waals surface area contributed by atoms with Gasteiger partial charge < -0.3 is 5.32 Å². The van der Waals surface area contributed by atoms with Gasteiger partial charge in [-0.15, -0.1) is 11.3 Å². The molecule has 0 aliphatic carbocycles. The lowest BCUT2D eigenvalue weighted by Crippen LogP contribution is -2.33. The molecule has 25 heavy (non-hydrogen) atoms. The van der Waals surface area contributed by atoms with E-state index in [0.29, 0.717) is 6.04 Å². The van der Waals surface area contributed by atoms with Crippen molar-refractivity contribution < 1.29 is 0 Å². The summed E-state index contributed by atoms with van der Waals surface area (Å²) in [7, 11) is 0. The van der Waals surface area contributed by atoms with Crippen LogP contribution < -0.4 is 5.32 Å². The Morgan fingerprint density at radius 1 is 1.08 bits per heavy atom. The van der Waals surface area contributed by atoms with Crippen LogP contribution >= 0.6 is 11.3 Å². The standard InChI is InChI=1S/C20H24N4S/c1-2-7-18(8-3-1)24-16-17(14-22-24)13-21-15-19(20-9-6-12-25-20)23-10-4-5-11-23/h1-3,6-9,12,14,16,19,21H,4-5,10-11,13,15H2. The van der Waals surface area contributed by atoms with Crippen molar-refractivity contribution in [2.45, 2.75) is 25.4 Å². The quantitative estimate of drug-likeness (QED) is 0.701. The monoisotopic (exact) mass is 352 g/mol. The normalized spacial score (nSPS) is 16.3. The van der Waals surface area contributed by atoms with Crippen molar-refractivity contribution in [2.24, 2.45) is 0 Å². The predicted octanol–water partition coefficient (Wildman–Crippen LogP) is 3.86. The highest BCUT2D eigenvalue weighted by Gasteiger charge is 2.23. The first-order valence-electron chi connectivity index (χ1n) is 8.97. The van der Waals surface area contributed by atoms with Gasteiger partial charge >= 0.3 is 0 Å². The molecule has 2 aromatic heterocycles. The molecule has 0 radical (unpaired) electrons. The molecule has 4 nitrogen and oxygen atoms in total. The predicted molar refractivity (Wildman–Crippen MR) is 103 cm³/mol. The summed E-state index contributed by atoms with van der Waals surface area (Å²) in [4.78, 5) is 4.08. The highest BCUT2D eigenvalue weighted by atomic mass is 32.1. The van der Waals surface area contributed by atoms with E-state index >= 15 is 0 Å². The van der Waals surface area contributed by atoms with E-state index in [4.69, 9.17) is 0 Å². The minimum Gasteiger partial charge on any atom is -0.311 e. The van der Waals surface area contributed by atoms with Gasteiger partial charge in [0, 0.05) is 29.7 Å². The largest absolute Gasteiger partial charge is 0.311 e. The maximum Gasteiger partial charge on any atom is 0.0645 e. The van der Waals surface area contributed by atoms with Crippen LogP contribution in [0.3, 0.4) is 0 Å². The van der Waals surface area contributed by atoms with Crippen molar-refractivity contribution in [3.05, 3.63) is 70.7 Å². The van der Waals surface area contributed by atoms with Crippen molar-refractivity contribution in [3.63, 3.8) is 0 Å². The molecule has 1 aliphatic rings. The zero-order chi connectivity index (χ0) is 16.9. The molecule has 1 aliphatic heterocycles. The summed E-state index contributed by atoms with van der Waals surface area (Å²) < 4.78 is 1.94. The molecule has 3 heterocycles. The number of likely N-dealkylation sites (tertiary alicyclic amines) is 1. The van der Waals surface area contributed by atoms with Gasteiger partial charge in [-0.1, -0.05) is 24.3 Å². The number of hydrogen-bond donors (Lipinski definition) is 1. The van der Waals surface area contributed by atoms with Crippen LogP contribution in [0.1, 0.15) is 29.3 Å². The fraction of sp³-hybridized carbons (Fsp3) is 0.350. The molecule has 1 saturated heterocycles. The topological polar surface area (TPSA) is 33.1 Å². The molecule has 0 spiro atoms. The van der Waals surface area contributed by atoms with Gasteiger partial charge in [-0.2, -0.15) is 5.10 Å². The number of hydrogen-bond acceptors (Lipinski definition) is 4. The summed E-state index contributed by atoms with van der Waals surface area (Å²) >= 11 is 1.87. The van der Waals surface area contributed by atoms with Gasteiger partial charge in [-0.05, 0) is 49.5 Å². The van der Waals surface area contributed by atoms with E-state index in [0.717, 1.165) is 18.8 Å². The molecule has 0 bridgehead atoms. The van der Waals surface area contributed by atoms with Gasteiger partial charge in [-0.3, -0.25) is 4.90 Å².